The molecule has 0 saturated heterocycles. The van der Waals surface area contributed by atoms with Crippen LogP contribution >= 0.6 is 0 Å². The van der Waals surface area contributed by atoms with Gasteiger partial charge in [-0.1, -0.05) is 0 Å². The van der Waals surface area contributed by atoms with E-state index in [4.69, 9.17) is 31.6 Å². The van der Waals surface area contributed by atoms with Crippen molar-refractivity contribution in [3.8, 4) is 0 Å². The van der Waals surface area contributed by atoms with Crippen LogP contribution in [0.2, 0.25) is 0 Å². The number of hydrogen-bond donors (Lipinski definition) is 0. The third kappa shape index (κ3) is 161. The van der Waals surface area contributed by atoms with E-state index in [0.29, 0.717) is 0 Å². The van der Waals surface area contributed by atoms with Gasteiger partial charge >= 0.3 is 162 Å². The molecule has 0 aromatic rings. The molecule has 0 aliphatic rings. The zero-order chi connectivity index (χ0) is 8.08. The number of hydrogen-bond acceptors (Lipinski definition) is 7. The van der Waals surface area contributed by atoms with Crippen LogP contribution in [0, 0.1) is 0 Å². The summed E-state index contributed by atoms with van der Waals surface area (Å²) in [7, 11) is -8.80. The molecule has 0 heterocycles. The van der Waals surface area contributed by atoms with Crippen molar-refractivity contribution in [3.05, 3.63) is 0 Å². The number of rotatable bonds is 0. The van der Waals surface area contributed by atoms with Crippen molar-refractivity contribution >= 4 is 19.6 Å². The topological polar surface area (TPSA) is 143 Å². The summed E-state index contributed by atoms with van der Waals surface area (Å²) in [6.45, 7) is 0. The smallest absolute Gasteiger partial charge is 0.759 e. The standard InChI is InChI=1S/2K.2Na.H2O4S.O3Si/c;;;;1-5(2,3)4;1-4(2)3/h;;;;(H2,1,2,3,4);/q4*+1;;-2/p-2. The van der Waals surface area contributed by atoms with Crippen LogP contribution in [0.25, 0.3) is 0 Å². The van der Waals surface area contributed by atoms with Gasteiger partial charge in [-0.15, -0.1) is 0 Å². The minimum Gasteiger partial charge on any atom is -0.759 e. The van der Waals surface area contributed by atoms with Gasteiger partial charge in [0, 0.05) is 19.6 Å². The molecule has 0 rings (SSSR count). The van der Waals surface area contributed by atoms with E-state index in [1.165, 1.54) is 0 Å². The Morgan fingerprint density at radius 1 is 0.923 bits per heavy atom. The first-order valence-corrected chi connectivity index (χ1v) is 3.84. The van der Waals surface area contributed by atoms with Gasteiger partial charge in [-0.25, -0.2) is 0 Å². The van der Waals surface area contributed by atoms with Crippen LogP contribution in [0.4, 0.5) is 0 Å². The second kappa shape index (κ2) is 22.0. The molecule has 0 fully saturated rings. The van der Waals surface area contributed by atoms with E-state index in [1.54, 1.807) is 0 Å². The predicted octanol–water partition coefficient (Wildman–Crippen LogP) is -16.2. The first-order chi connectivity index (χ1) is 3.73. The van der Waals surface area contributed by atoms with Gasteiger partial charge in [-0.2, -0.15) is 0 Å². The molecule has 13 heavy (non-hydrogen) atoms. The SMILES string of the molecule is O=S(=O)([O-])[O-].O=[Si]([O-])[O-].[K+].[K+].[Na+].[Na+]. The van der Waals surface area contributed by atoms with Crippen molar-refractivity contribution < 1.29 is 193 Å². The molecule has 56 valence electrons. The van der Waals surface area contributed by atoms with Crippen molar-refractivity contribution in [2.24, 2.45) is 0 Å². The fourth-order valence-corrected chi connectivity index (χ4v) is 0. The normalized spacial score (nSPS) is 6.31. The fourth-order valence-electron chi connectivity index (χ4n) is 0. The second-order valence-electron chi connectivity index (χ2n) is 0.658. The minimum atomic E-state index is -5.17. The molecule has 0 spiro atoms. The second-order valence-corrected chi connectivity index (χ2v) is 1.97. The summed E-state index contributed by atoms with van der Waals surface area (Å²) < 4.78 is 42.6. The third-order valence-corrected chi connectivity index (χ3v) is 0. The summed E-state index contributed by atoms with van der Waals surface area (Å²) in [5.74, 6) is 0. The molecule has 0 unspecified atom stereocenters. The van der Waals surface area contributed by atoms with Gasteiger partial charge in [-0.3, -0.25) is 8.42 Å². The molecule has 0 saturated carbocycles. The van der Waals surface area contributed by atoms with E-state index in [0.717, 1.165) is 0 Å². The van der Waals surface area contributed by atoms with E-state index in [1.807, 2.05) is 0 Å². The summed E-state index contributed by atoms with van der Waals surface area (Å²) in [6.07, 6.45) is 0. The molecule has 7 nitrogen and oxygen atoms in total. The Balaban J connectivity index is -0.0000000146. The van der Waals surface area contributed by atoms with Crippen molar-refractivity contribution in [1.82, 2.24) is 0 Å². The molecule has 0 bridgehead atoms. The summed E-state index contributed by atoms with van der Waals surface area (Å²) in [4.78, 5) is 17.0. The quantitative estimate of drug-likeness (QED) is 0.245. The van der Waals surface area contributed by atoms with E-state index < -0.39 is 19.6 Å². The molecule has 0 aromatic carbocycles. The molecule has 0 aliphatic heterocycles. The molecule has 0 N–H and O–H groups in total. The molecular formula is K2Na2O7SSi. The Labute approximate surface area is 207 Å². The largest absolute Gasteiger partial charge is 1.00 e. The average Bonchev–Trinajstić information content (AvgIpc) is 1.19. The molecule has 0 atom stereocenters. The molecule has 0 aliphatic carbocycles. The van der Waals surface area contributed by atoms with Gasteiger partial charge in [0.1, 0.15) is 0 Å². The van der Waals surface area contributed by atoms with Crippen LogP contribution in [0.15, 0.2) is 0 Å². The van der Waals surface area contributed by atoms with Crippen LogP contribution in [0.5, 0.6) is 0 Å². The maximum atomic E-state index is 8.52. The van der Waals surface area contributed by atoms with Crippen LogP contribution in [-0.2, 0) is 14.9 Å². The fraction of sp³-hybridized carbons (Fsp3) is 0. The monoisotopic (exact) mass is 296 g/mol. The third-order valence-electron chi connectivity index (χ3n) is 0. The zero-order valence-corrected chi connectivity index (χ0v) is 19.8. The Kier molecular flexibility index (Phi) is 61.0. The van der Waals surface area contributed by atoms with Crippen LogP contribution < -0.4 is 171 Å². The molecule has 0 aromatic heterocycles. The molecule has 0 radical (unpaired) electrons. The zero-order valence-electron chi connectivity index (χ0n) is 7.77. The van der Waals surface area contributed by atoms with Crippen molar-refractivity contribution in [2.75, 3.05) is 0 Å². The van der Waals surface area contributed by atoms with Crippen molar-refractivity contribution in [3.63, 3.8) is 0 Å². The summed E-state index contributed by atoms with van der Waals surface area (Å²) in [6, 6.07) is 0. The Bertz CT molecular complexity index is 167. The minimum absolute atomic E-state index is 0. The van der Waals surface area contributed by atoms with Gasteiger partial charge in [0.25, 0.3) is 0 Å². The molecule has 0 amide bonds. The van der Waals surface area contributed by atoms with Crippen LogP contribution in [0.1, 0.15) is 0 Å². The van der Waals surface area contributed by atoms with E-state index in [-0.39, 0.29) is 162 Å². The summed E-state index contributed by atoms with van der Waals surface area (Å²) in [5, 5.41) is 0. The van der Waals surface area contributed by atoms with Gasteiger partial charge < -0.3 is 23.2 Å². The van der Waals surface area contributed by atoms with E-state index in [2.05, 4.69) is 0 Å². The Morgan fingerprint density at radius 3 is 0.923 bits per heavy atom. The van der Waals surface area contributed by atoms with Gasteiger partial charge in [0.05, 0.1) is 0 Å². The average molecular weight is 296 g/mol. The maximum Gasteiger partial charge on any atom is 1.00 e. The van der Waals surface area contributed by atoms with Crippen molar-refractivity contribution in [1.29, 1.82) is 0 Å². The molecular weight excluding hydrogens is 296 g/mol. The Hall–Kier alpha value is 4.76. The van der Waals surface area contributed by atoms with Gasteiger partial charge in [0.2, 0.25) is 0 Å². The van der Waals surface area contributed by atoms with Crippen LogP contribution in [0.3, 0.4) is 0 Å². The van der Waals surface area contributed by atoms with Gasteiger partial charge in [-0.05, 0) is 0 Å². The van der Waals surface area contributed by atoms with Crippen molar-refractivity contribution in [2.45, 2.75) is 0 Å². The van der Waals surface area contributed by atoms with Gasteiger partial charge in [0.15, 0.2) is 0 Å². The predicted molar refractivity (Wildman–Crippen MR) is 16.9 cm³/mol. The van der Waals surface area contributed by atoms with E-state index >= 15 is 0 Å². The maximum absolute atomic E-state index is 8.52. The van der Waals surface area contributed by atoms with E-state index in [9.17, 15) is 0 Å². The summed E-state index contributed by atoms with van der Waals surface area (Å²) in [5.41, 5.74) is 0. The first kappa shape index (κ1) is 36.1. The first-order valence-electron chi connectivity index (χ1n) is 1.28. The van der Waals surface area contributed by atoms with Crippen LogP contribution in [-0.4, -0.2) is 26.7 Å². The Morgan fingerprint density at radius 2 is 0.923 bits per heavy atom. The summed E-state index contributed by atoms with van der Waals surface area (Å²) >= 11 is 0. The molecule has 13 heteroatoms.